The van der Waals surface area contributed by atoms with E-state index in [1.165, 1.54) is 19.4 Å². The first-order chi connectivity index (χ1) is 71.1. The van der Waals surface area contributed by atoms with Crippen LogP contribution in [0.15, 0.2) is 134 Å². The molecule has 51 heteroatoms. The minimum absolute atomic E-state index is 0.00419. The van der Waals surface area contributed by atoms with E-state index in [4.69, 9.17) is 56.4 Å². The van der Waals surface area contributed by atoms with E-state index in [-0.39, 0.29) is 148 Å². The lowest BCUT2D eigenvalue weighted by Crippen LogP contribution is -2.59. The van der Waals surface area contributed by atoms with Crippen molar-refractivity contribution in [2.24, 2.45) is 40.1 Å². The van der Waals surface area contributed by atoms with E-state index in [1.807, 2.05) is 24.3 Å². The van der Waals surface area contributed by atoms with Crippen LogP contribution in [-0.2, 0) is 109 Å². The number of rotatable bonds is 65. The highest BCUT2D eigenvalue weighted by molar-refractivity contribution is 6.02. The van der Waals surface area contributed by atoms with Gasteiger partial charge in [0, 0.05) is 126 Å². The summed E-state index contributed by atoms with van der Waals surface area (Å²) in [5, 5.41) is 83.9. The number of hydrogen-bond acceptors (Lipinski definition) is 24. The fourth-order valence-electron chi connectivity index (χ4n) is 16.6. The zero-order chi connectivity index (χ0) is 107. The van der Waals surface area contributed by atoms with Crippen LogP contribution in [0.4, 0.5) is 0 Å². The summed E-state index contributed by atoms with van der Waals surface area (Å²) in [5.74, 6) is -15.8. The van der Waals surface area contributed by atoms with Crippen molar-refractivity contribution in [3.8, 4) is 0 Å². The quantitative estimate of drug-likeness (QED) is 0.00967. The van der Waals surface area contributed by atoms with Gasteiger partial charge < -0.3 is 166 Å². The number of benzene rings is 4. The second-order valence-corrected chi connectivity index (χ2v) is 35.7. The van der Waals surface area contributed by atoms with Crippen LogP contribution >= 0.6 is 0 Å². The van der Waals surface area contributed by atoms with Crippen LogP contribution in [0.2, 0.25) is 0 Å². The van der Waals surface area contributed by atoms with Gasteiger partial charge in [-0.05, 0) is 169 Å². The Labute approximate surface area is 851 Å². The molecule has 9 aromatic rings. The Morgan fingerprint density at radius 2 is 0.568 bits per heavy atom. The molecule has 4 aromatic carbocycles. The standard InChI is InChI=1S/C97H138N34O17/c1-54(120-80(133)50-117-85(138)74(122-79(132)44-101)39-55-45-112-64-23-6-2-19-60(55)64)83(136)124-70(28-11-14-34-99)88(141)126-72(31-17-37-110-96(104)105)90(143)129-75(40-56-46-113-65-24-7-3-20-61(56)65)86(139)118-51-81(134)121-69(27-10-13-33-98)87(140)125-68(30-16-36-109-95(102)103)84(137)116-52-82(135)123-76(41-57-47-114-66-25-8-4-21-62(57)66)92(145)128-71(29-12-15-35-100)89(142)127-73(32-18-38-111-97(106)107)91(144)130-77(43-59-49-108-53-119-59)93(146)131-78(94(147)148)42-58-48-115-67-26-9-5-22-63(58)67/h2-9,19-26,45-49,53-54,68-78,112-115H,10-18,27-44,50-52,98-101H2,1H3,(H,108,119)(H,116,137)(H,117,138)(H,118,139)(H,120,133)(H,121,134)(H,122,132)(H,123,135)(H,124,136)(H,125,140)(H,126,141)(H,127,142)(H,128,145)(H,129,143)(H,130,144)(H,131,146)(H,147,148)(H4,102,103,109)(H4,104,105,110)(H4,106,107,111)/t54-,68-,69-,70-,71-,72-,73-,74-,75-,76-,77-,78-/m0/s1. The number of unbranched alkanes of at least 4 members (excludes halogenated alkanes) is 3. The van der Waals surface area contributed by atoms with E-state index >= 15 is 4.79 Å². The molecule has 0 saturated carbocycles. The largest absolute Gasteiger partial charge is 0.480 e. The molecule has 0 aliphatic carbocycles. The predicted molar refractivity (Wildman–Crippen MR) is 551 cm³/mol. The Kier molecular flexibility index (Phi) is 46.3. The molecule has 0 aliphatic rings. The van der Waals surface area contributed by atoms with Gasteiger partial charge in [-0.25, -0.2) is 9.78 Å². The number of aromatic nitrogens is 6. The van der Waals surface area contributed by atoms with Crippen LogP contribution in [0.3, 0.4) is 0 Å². The average Bonchev–Trinajstić information content (AvgIpc) is 1.69. The average molecular weight is 2050 g/mol. The van der Waals surface area contributed by atoms with Crippen LogP contribution in [0.25, 0.3) is 43.6 Å². The van der Waals surface area contributed by atoms with Crippen molar-refractivity contribution < 1.29 is 81.8 Å². The maximum Gasteiger partial charge on any atom is 0.326 e. The number of imidazole rings is 1. The minimum atomic E-state index is -1.54. The van der Waals surface area contributed by atoms with Gasteiger partial charge in [0.2, 0.25) is 88.6 Å². The predicted octanol–water partition coefficient (Wildman–Crippen LogP) is -4.75. The summed E-state index contributed by atoms with van der Waals surface area (Å²) in [5.41, 5.74) is 45.5. The molecule has 9 rings (SSSR count). The topological polar surface area (TPSA) is 855 Å². The van der Waals surface area contributed by atoms with Crippen LogP contribution < -0.4 is 136 Å². The Balaban J connectivity index is 0.879. The third kappa shape index (κ3) is 37.2. The second kappa shape index (κ2) is 59.6. The molecule has 15 amide bonds. The zero-order valence-electron chi connectivity index (χ0n) is 82.3. The minimum Gasteiger partial charge on any atom is -0.480 e. The van der Waals surface area contributed by atoms with E-state index in [2.05, 4.69) is 126 Å². The Bertz CT molecular complexity index is 6040. The molecule has 0 saturated heterocycles. The molecule has 5 heterocycles. The molecule has 5 aromatic heterocycles. The highest BCUT2D eigenvalue weighted by Gasteiger charge is 2.38. The van der Waals surface area contributed by atoms with E-state index < -0.39 is 211 Å². The first-order valence-electron chi connectivity index (χ1n) is 49.0. The van der Waals surface area contributed by atoms with Gasteiger partial charge in [0.05, 0.1) is 38.2 Å². The molecule has 0 radical (unpaired) electrons. The molecule has 0 spiro atoms. The number of H-pyrrole nitrogens is 5. The number of guanidine groups is 3. The van der Waals surface area contributed by atoms with E-state index in [9.17, 15) is 77.0 Å². The van der Waals surface area contributed by atoms with E-state index in [1.54, 1.807) is 97.6 Å². The summed E-state index contributed by atoms with van der Waals surface area (Å²) in [6.07, 6.45) is 9.83. The first kappa shape index (κ1) is 115. The van der Waals surface area contributed by atoms with Gasteiger partial charge >= 0.3 is 5.97 Å². The number of fused-ring (bicyclic) bond motifs is 4. The molecular weight excluding hydrogens is 1910 g/mol. The van der Waals surface area contributed by atoms with Gasteiger partial charge in [0.15, 0.2) is 17.9 Å². The number of carbonyl (C=O) groups is 16. The summed E-state index contributed by atoms with van der Waals surface area (Å²) in [6, 6.07) is 11.2. The van der Waals surface area contributed by atoms with Crippen molar-refractivity contribution in [2.45, 2.75) is 208 Å². The SMILES string of the molecule is C[C@H](NC(=O)CNC(=O)[C@H](Cc1c[nH]c2ccccc12)NC(=O)CN)C(=O)N[C@@H](CCCCN)C(=O)N[C@@H](CCCNC(=N)N)C(=O)N[C@@H](Cc1c[nH]c2ccccc12)C(=O)NCC(=O)N[C@@H](CCCCN)C(=O)N[C@@H](CCCNC(=N)N)C(=O)NCC(=O)N[C@@H](Cc1c[nH]c2ccccc12)C(=O)N[C@@H](CCCCN)C(=O)N[C@@H](CCCNC(=N)N)C(=O)N[C@@H](Cc1c[nH]cn1)C(=O)N[C@@H](Cc1c[nH]c2ccccc12)C(=O)O. The molecule has 0 fully saturated rings. The highest BCUT2D eigenvalue weighted by Crippen LogP contribution is 2.25. The molecular formula is C97H138N34O17. The molecule has 12 atom stereocenters. The van der Waals surface area contributed by atoms with Crippen molar-refractivity contribution in [1.29, 1.82) is 16.2 Å². The number of hydrogen-bond donors (Lipinski definition) is 34. The molecule has 51 nitrogen and oxygen atoms in total. The number of carbonyl (C=O) groups excluding carboxylic acids is 15. The molecule has 41 N–H and O–H groups in total. The van der Waals surface area contributed by atoms with Crippen molar-refractivity contribution >= 4 is 156 Å². The fraction of sp³-hybridized carbons (Fsp3) is 0.443. The lowest BCUT2D eigenvalue weighted by Gasteiger charge is -2.27. The normalized spacial score (nSPS) is 13.6. The molecule has 0 aliphatic heterocycles. The van der Waals surface area contributed by atoms with Crippen molar-refractivity contribution in [3.05, 3.63) is 162 Å². The molecule has 798 valence electrons. The summed E-state index contributed by atoms with van der Waals surface area (Å²) in [6.45, 7) is -0.855. The van der Waals surface area contributed by atoms with Gasteiger partial charge in [-0.15, -0.1) is 0 Å². The summed E-state index contributed by atoms with van der Waals surface area (Å²) >= 11 is 0. The number of aliphatic carboxylic acids is 1. The Morgan fingerprint density at radius 3 is 0.899 bits per heavy atom. The maximum atomic E-state index is 15.1. The van der Waals surface area contributed by atoms with Crippen LogP contribution in [0.5, 0.6) is 0 Å². The Hall–Kier alpha value is -16.6. The van der Waals surface area contributed by atoms with Crippen LogP contribution in [0, 0.1) is 16.2 Å². The van der Waals surface area contributed by atoms with Crippen LogP contribution in [0.1, 0.15) is 131 Å². The number of nitrogens with two attached hydrogens (primary N) is 7. The fourth-order valence-corrected chi connectivity index (χ4v) is 16.6. The number of aromatic amines is 5. The highest BCUT2D eigenvalue weighted by atomic mass is 16.4. The summed E-state index contributed by atoms with van der Waals surface area (Å²) in [4.78, 5) is 248. The van der Waals surface area contributed by atoms with Crippen molar-refractivity contribution in [1.82, 2.24) is 126 Å². The van der Waals surface area contributed by atoms with Crippen LogP contribution in [-0.4, -0.2) is 285 Å². The van der Waals surface area contributed by atoms with Gasteiger partial charge in [0.25, 0.3) is 0 Å². The smallest absolute Gasteiger partial charge is 0.326 e. The van der Waals surface area contributed by atoms with Gasteiger partial charge in [0.1, 0.15) is 72.5 Å². The Morgan fingerprint density at radius 1 is 0.304 bits per heavy atom. The number of para-hydroxylation sites is 4. The summed E-state index contributed by atoms with van der Waals surface area (Å²) in [7, 11) is 0. The van der Waals surface area contributed by atoms with Crippen molar-refractivity contribution in [3.63, 3.8) is 0 Å². The zero-order valence-corrected chi connectivity index (χ0v) is 82.3. The first-order valence-corrected chi connectivity index (χ1v) is 49.0. The monoisotopic (exact) mass is 2050 g/mol. The summed E-state index contributed by atoms with van der Waals surface area (Å²) < 4.78 is 0. The third-order valence-corrected chi connectivity index (χ3v) is 24.4. The second-order valence-electron chi connectivity index (χ2n) is 35.7. The lowest BCUT2D eigenvalue weighted by molar-refractivity contribution is -0.142. The molecule has 148 heavy (non-hydrogen) atoms. The maximum absolute atomic E-state index is 15.1. The molecule has 0 unspecified atom stereocenters. The van der Waals surface area contributed by atoms with E-state index in [0.717, 1.165) is 21.8 Å². The number of nitrogens with zero attached hydrogens (tertiary/aromatic N) is 1. The number of nitrogens with one attached hydrogen (secondary N) is 26. The van der Waals surface area contributed by atoms with Gasteiger partial charge in [-0.2, -0.15) is 0 Å². The number of carboxylic acid groups (broad SMARTS) is 1. The van der Waals surface area contributed by atoms with Crippen molar-refractivity contribution in [2.75, 3.05) is 65.4 Å². The number of amides is 15. The third-order valence-electron chi connectivity index (χ3n) is 24.4. The van der Waals surface area contributed by atoms with Gasteiger partial charge in [-0.3, -0.25) is 88.1 Å². The molecule has 0 bridgehead atoms. The lowest BCUT2D eigenvalue weighted by atomic mass is 10.0. The van der Waals surface area contributed by atoms with E-state index in [0.29, 0.717) is 69.0 Å². The number of carboxylic acids is 1. The van der Waals surface area contributed by atoms with Gasteiger partial charge in [-0.1, -0.05) is 72.8 Å².